The minimum absolute atomic E-state index is 0.0155. The number of aryl methyl sites for hydroxylation is 2. The van der Waals surface area contributed by atoms with Gasteiger partial charge < -0.3 is 60.7 Å². The van der Waals surface area contributed by atoms with Crippen molar-refractivity contribution >= 4 is 61.8 Å². The summed E-state index contributed by atoms with van der Waals surface area (Å²) in [7, 11) is -11.2. The number of aromatic nitrogens is 4. The number of aliphatic hydroxyl groups excluding tert-OH is 6. The zero-order valence-corrected chi connectivity index (χ0v) is 35.3. The molecule has 4 aliphatic heterocycles. The van der Waals surface area contributed by atoms with Crippen LogP contribution in [0.15, 0.2) is 54.0 Å². The number of aliphatic hydroxyl groups is 6. The summed E-state index contributed by atoms with van der Waals surface area (Å²) in [5, 5.41) is 68.3. The molecular formula is C36H42FN9O16P2. The number of hydrogen-bond acceptors (Lipinski definition) is 20. The fourth-order valence-corrected chi connectivity index (χ4v) is 10.5. The fourth-order valence-electron chi connectivity index (χ4n) is 8.43. The number of carbonyl (C=O) groups is 2. The van der Waals surface area contributed by atoms with E-state index < -0.39 is 114 Å². The number of carbonyl (C=O) groups excluding carboxylic acids is 2. The summed E-state index contributed by atoms with van der Waals surface area (Å²) in [6.07, 6.45) is -11.9. The number of imide groups is 1. The number of amidine groups is 1. The number of hydrogen-bond donors (Lipinski definition) is 10. The number of amides is 3. The number of phosphoric ester groups is 2. The van der Waals surface area contributed by atoms with E-state index >= 15 is 0 Å². The van der Waals surface area contributed by atoms with Crippen LogP contribution < -0.4 is 20.9 Å². The highest BCUT2D eigenvalue weighted by Crippen LogP contribution is 2.61. The number of nitrogens with zero attached hydrogens (tertiary/aromatic N) is 7. The lowest BCUT2D eigenvalue weighted by Gasteiger charge is -2.52. The van der Waals surface area contributed by atoms with Gasteiger partial charge in [-0.2, -0.15) is 9.30 Å². The number of aliphatic imine (C=N–C) groups is 1. The Labute approximate surface area is 360 Å². The molecule has 0 saturated carbocycles. The first kappa shape index (κ1) is 45.7. The van der Waals surface area contributed by atoms with Crippen molar-refractivity contribution in [3.63, 3.8) is 0 Å². The molecule has 2 aromatic heterocycles. The first-order valence-corrected chi connectivity index (χ1v) is 22.3. The molecule has 2 unspecified atom stereocenters. The van der Waals surface area contributed by atoms with E-state index in [9.17, 15) is 63.5 Å². The van der Waals surface area contributed by atoms with E-state index in [1.807, 2.05) is 0 Å². The van der Waals surface area contributed by atoms with Crippen molar-refractivity contribution in [1.82, 2.24) is 24.8 Å². The second-order valence-corrected chi connectivity index (χ2v) is 18.6. The number of benzene rings is 2. The number of phosphoric acid groups is 2. The van der Waals surface area contributed by atoms with Gasteiger partial charge in [0.05, 0.1) is 37.5 Å². The van der Waals surface area contributed by atoms with Crippen LogP contribution >= 0.6 is 15.6 Å². The lowest BCUT2D eigenvalue weighted by atomic mass is 9.75. The summed E-state index contributed by atoms with van der Waals surface area (Å²) < 4.78 is 60.1. The largest absolute Gasteiger partial charge is 0.481 e. The first-order chi connectivity index (χ1) is 30.1. The highest BCUT2D eigenvalue weighted by atomic mass is 31.3. The van der Waals surface area contributed by atoms with Crippen molar-refractivity contribution in [2.45, 2.75) is 80.8 Å². The average Bonchev–Trinajstić information content (AvgIpc) is 3.89. The summed E-state index contributed by atoms with van der Waals surface area (Å²) in [4.78, 5) is 66.4. The molecule has 8 rings (SSSR count). The van der Waals surface area contributed by atoms with E-state index in [2.05, 4.69) is 34.1 Å². The van der Waals surface area contributed by atoms with Gasteiger partial charge in [0.25, 0.3) is 5.91 Å². The van der Waals surface area contributed by atoms with Crippen molar-refractivity contribution in [2.75, 3.05) is 35.3 Å². The molecule has 2 saturated heterocycles. The smallest absolute Gasteiger partial charge is 0.388 e. The van der Waals surface area contributed by atoms with Gasteiger partial charge in [0.15, 0.2) is 29.1 Å². The van der Waals surface area contributed by atoms with E-state index in [-0.39, 0.29) is 40.6 Å². The molecule has 4 aromatic rings. The molecule has 4 aliphatic rings. The Kier molecular flexibility index (Phi) is 12.0. The molecule has 25 nitrogen and oxygen atoms in total. The molecule has 344 valence electrons. The first-order valence-electron chi connectivity index (χ1n) is 19.3. The fraction of sp³-hybridized carbons (Fsp3) is 0.444. The molecule has 3 amide bonds. The van der Waals surface area contributed by atoms with E-state index in [0.29, 0.717) is 11.1 Å². The third-order valence-corrected chi connectivity index (χ3v) is 14.2. The number of urea groups is 1. The number of nitrogens with two attached hydrogens (primary N) is 1. The summed E-state index contributed by atoms with van der Waals surface area (Å²) in [6.45, 7) is 0.531. The number of nitrogen functional groups attached to an aromatic ring is 1. The average molecular weight is 938 g/mol. The number of imidazole rings is 1. The number of halogens is 1. The molecule has 1 spiro atoms. The van der Waals surface area contributed by atoms with Gasteiger partial charge in [0, 0.05) is 12.3 Å². The quantitative estimate of drug-likeness (QED) is 0.0701. The molecule has 28 heteroatoms. The van der Waals surface area contributed by atoms with Crippen molar-refractivity contribution < 1.29 is 81.6 Å². The molecule has 2 aromatic carbocycles. The molecule has 11 N–H and O–H groups in total. The van der Waals surface area contributed by atoms with E-state index in [4.69, 9.17) is 15.0 Å². The molecule has 12 atom stereocenters. The van der Waals surface area contributed by atoms with Gasteiger partial charge in [-0.25, -0.2) is 33.3 Å². The second-order valence-electron chi connectivity index (χ2n) is 15.6. The van der Waals surface area contributed by atoms with Gasteiger partial charge >= 0.3 is 21.7 Å². The topological polar surface area (TPSA) is 368 Å². The Morgan fingerprint density at radius 1 is 0.969 bits per heavy atom. The van der Waals surface area contributed by atoms with Crippen molar-refractivity contribution in [2.24, 2.45) is 4.99 Å². The molecular weight excluding hydrogens is 895 g/mol. The molecule has 2 fully saturated rings. The van der Waals surface area contributed by atoms with Gasteiger partial charge in [-0.3, -0.25) is 23.7 Å². The predicted octanol–water partition coefficient (Wildman–Crippen LogP) is -0.663. The minimum atomic E-state index is -5.64. The van der Waals surface area contributed by atoms with Gasteiger partial charge in [0.2, 0.25) is 0 Å². The van der Waals surface area contributed by atoms with Crippen LogP contribution in [0, 0.1) is 19.7 Å². The van der Waals surface area contributed by atoms with E-state index in [0.717, 1.165) is 24.0 Å². The van der Waals surface area contributed by atoms with Gasteiger partial charge in [-0.05, 0) is 54.8 Å². The maximum Gasteiger partial charge on any atom is 0.481 e. The zero-order valence-electron chi connectivity index (χ0n) is 33.5. The lowest BCUT2D eigenvalue weighted by Crippen LogP contribution is -2.74. The molecule has 0 aliphatic carbocycles. The van der Waals surface area contributed by atoms with Crippen LogP contribution in [-0.2, 0) is 32.0 Å². The van der Waals surface area contributed by atoms with E-state index in [1.54, 1.807) is 26.0 Å². The third-order valence-electron chi connectivity index (χ3n) is 11.6. The van der Waals surface area contributed by atoms with Crippen LogP contribution in [0.3, 0.4) is 0 Å². The predicted molar refractivity (Wildman–Crippen MR) is 216 cm³/mol. The number of rotatable bonds is 14. The highest BCUT2D eigenvalue weighted by molar-refractivity contribution is 7.61. The lowest BCUT2D eigenvalue weighted by molar-refractivity contribution is -0.123. The van der Waals surface area contributed by atoms with Crippen molar-refractivity contribution in [3.05, 3.63) is 71.6 Å². The minimum Gasteiger partial charge on any atom is -0.388 e. The van der Waals surface area contributed by atoms with Crippen LogP contribution in [0.4, 0.5) is 26.4 Å². The van der Waals surface area contributed by atoms with Crippen molar-refractivity contribution in [1.29, 1.82) is 0 Å². The number of anilines is 3. The Balaban J connectivity index is 0.951. The summed E-state index contributed by atoms with van der Waals surface area (Å²) in [5.41, 5.74) is 6.39. The van der Waals surface area contributed by atoms with Crippen LogP contribution in [-0.4, -0.2) is 146 Å². The third kappa shape index (κ3) is 7.98. The summed E-state index contributed by atoms with van der Waals surface area (Å²) >= 11 is 0. The van der Waals surface area contributed by atoms with Gasteiger partial charge in [-0.15, -0.1) is 0 Å². The van der Waals surface area contributed by atoms with Crippen LogP contribution in [0.1, 0.15) is 35.3 Å². The monoisotopic (exact) mass is 937 g/mol. The number of fused-ring (bicyclic) bond motifs is 3. The van der Waals surface area contributed by atoms with E-state index in [1.165, 1.54) is 32.8 Å². The Hall–Kier alpha value is -4.89. The van der Waals surface area contributed by atoms with Crippen molar-refractivity contribution in [3.8, 4) is 0 Å². The Morgan fingerprint density at radius 3 is 2.34 bits per heavy atom. The molecule has 0 radical (unpaired) electrons. The number of β-amino-alcohol motifs (C(OH)–C–C–N with tert-alkyl or cyclic N) is 1. The standard InChI is InChI=1S/C36H42FN9O16P2/c1-15-7-20-21(8-16(15)2)46-25(49)9-19(17-3-5-18(37)6-4-17)36(46)33(42-35(54)43-34(36)53)44(20)10-22(47)27(50)23(48)11-59-63(55,56)62-64(57,58)60-12-24-28(51)29(52)32(61-24)45-14-41-26-30(38)39-13-40-31(26)45/h3-8,13-14,19,22-25,27-29,32,47-52H,9-12H2,1-2H3,(H,55,56)(H,57,58)(H2,38,39,40)(H,43,53,54)/t19-,22+,23-,24-,25-,27+,28-,29-,32-,36+/m1/s1. The molecule has 0 bridgehead atoms. The Morgan fingerprint density at radius 2 is 1.64 bits per heavy atom. The van der Waals surface area contributed by atoms with Crippen LogP contribution in [0.25, 0.3) is 11.2 Å². The molecule has 64 heavy (non-hydrogen) atoms. The zero-order chi connectivity index (χ0) is 46.2. The summed E-state index contributed by atoms with van der Waals surface area (Å²) in [6, 6.07) is 7.37. The van der Waals surface area contributed by atoms with Crippen LogP contribution in [0.2, 0.25) is 0 Å². The molecule has 6 heterocycles. The van der Waals surface area contributed by atoms with Crippen LogP contribution in [0.5, 0.6) is 0 Å². The Bertz CT molecular complexity index is 2630. The normalized spacial score (nSPS) is 28.7. The number of nitrogens with one attached hydrogen (secondary N) is 1. The second kappa shape index (κ2) is 16.8. The van der Waals surface area contributed by atoms with Gasteiger partial charge in [0.1, 0.15) is 60.5 Å². The maximum atomic E-state index is 14.2. The van der Waals surface area contributed by atoms with Gasteiger partial charge in [-0.1, -0.05) is 12.1 Å². The maximum absolute atomic E-state index is 14.2. The highest BCUT2D eigenvalue weighted by Gasteiger charge is 2.67. The summed E-state index contributed by atoms with van der Waals surface area (Å²) in [5.74, 6) is -2.69. The SMILES string of the molecule is Cc1cc2c(cc1C)N1[C@H](O)C[C@H](c3ccc(F)cc3)[C@]13C(=O)NC(=O)N=C3N2C[C@H](O)[C@H](O)[C@H](O)COP(=O)(O)OP(=O)(O)OC[C@H]1O[C@@H](n2cnc3c(N)ncnc32)[C@H](O)[C@@H]1O. The number of ether oxygens (including phenoxy) is 1.